The molecule has 0 radical (unpaired) electrons. The van der Waals surface area contributed by atoms with Gasteiger partial charge in [0.25, 0.3) is 0 Å². The number of hydrogen-bond acceptors (Lipinski definition) is 8. The van der Waals surface area contributed by atoms with E-state index in [1.165, 1.54) is 6.92 Å². The zero-order chi connectivity index (χ0) is 18.6. The molecule has 0 aromatic carbocycles. The summed E-state index contributed by atoms with van der Waals surface area (Å²) in [6, 6.07) is -2.24. The minimum Gasteiger partial charge on any atom is -0.480 e. The van der Waals surface area contributed by atoms with Crippen molar-refractivity contribution in [3.8, 4) is 0 Å². The third-order valence-electron chi connectivity index (χ3n) is 2.68. The van der Waals surface area contributed by atoms with Gasteiger partial charge in [0.05, 0.1) is 6.10 Å². The summed E-state index contributed by atoms with van der Waals surface area (Å²) in [5.41, 5.74) is 9.85. The third kappa shape index (κ3) is 12.8. The van der Waals surface area contributed by atoms with Crippen molar-refractivity contribution in [1.82, 2.24) is 5.32 Å². The highest BCUT2D eigenvalue weighted by Crippen LogP contribution is 2.03. The average Bonchev–Trinajstić information content (AvgIpc) is 3.01. The molecule has 9 N–H and O–H groups in total. The van der Waals surface area contributed by atoms with Crippen LogP contribution in [0.25, 0.3) is 0 Å². The van der Waals surface area contributed by atoms with E-state index in [0.717, 1.165) is 19.4 Å². The highest BCUT2D eigenvalue weighted by Gasteiger charge is 2.20. The number of thiol groups is 1. The first kappa shape index (κ1) is 23.9. The summed E-state index contributed by atoms with van der Waals surface area (Å²) < 4.78 is 0. The summed E-state index contributed by atoms with van der Waals surface area (Å²) in [5, 5.41) is 35.8. The number of nitrogens with one attached hydrogen (secondary N) is 1. The summed E-state index contributed by atoms with van der Waals surface area (Å²) >= 11 is 3.65. The summed E-state index contributed by atoms with van der Waals surface area (Å²) in [4.78, 5) is 29.8. The van der Waals surface area contributed by atoms with Gasteiger partial charge >= 0.3 is 17.9 Å². The van der Waals surface area contributed by atoms with Gasteiger partial charge in [-0.05, 0) is 26.3 Å². The van der Waals surface area contributed by atoms with Crippen molar-refractivity contribution in [3.63, 3.8) is 0 Å². The molecule has 0 bridgehead atoms. The third-order valence-corrected chi connectivity index (χ3v) is 3.07. The van der Waals surface area contributed by atoms with E-state index in [4.69, 9.17) is 31.9 Å². The molecule has 1 fully saturated rings. The molecule has 11 heteroatoms. The van der Waals surface area contributed by atoms with Gasteiger partial charge in [0.2, 0.25) is 0 Å². The van der Waals surface area contributed by atoms with Gasteiger partial charge in [-0.3, -0.25) is 14.4 Å². The monoisotopic (exact) mass is 355 g/mol. The van der Waals surface area contributed by atoms with Gasteiger partial charge in [-0.15, -0.1) is 0 Å². The fourth-order valence-corrected chi connectivity index (χ4v) is 1.34. The SMILES string of the molecule is CC(O)C(N)C(=O)O.NC(CS)C(=O)O.O=C(O)[C@@H]1CCCN1. The molecule has 23 heavy (non-hydrogen) atoms. The van der Waals surface area contributed by atoms with Crippen molar-refractivity contribution < 1.29 is 34.8 Å². The minimum atomic E-state index is -1.18. The first-order chi connectivity index (χ1) is 10.5. The molecule has 0 saturated carbocycles. The van der Waals surface area contributed by atoms with Crippen LogP contribution in [0.4, 0.5) is 0 Å². The van der Waals surface area contributed by atoms with E-state index in [0.29, 0.717) is 0 Å². The van der Waals surface area contributed by atoms with E-state index in [-0.39, 0.29) is 11.8 Å². The lowest BCUT2D eigenvalue weighted by Gasteiger charge is -2.06. The molecule has 136 valence electrons. The lowest BCUT2D eigenvalue weighted by Crippen LogP contribution is -2.39. The summed E-state index contributed by atoms with van der Waals surface area (Å²) in [5.74, 6) is -2.72. The molecule has 3 unspecified atom stereocenters. The van der Waals surface area contributed by atoms with Crippen molar-refractivity contribution in [2.45, 2.75) is 44.0 Å². The molecule has 0 amide bonds. The van der Waals surface area contributed by atoms with Crippen molar-refractivity contribution in [2.75, 3.05) is 12.3 Å². The number of carboxylic acid groups (broad SMARTS) is 3. The largest absolute Gasteiger partial charge is 0.480 e. The minimum absolute atomic E-state index is 0.190. The maximum absolute atomic E-state index is 10.1. The molecule has 1 aliphatic rings. The Hall–Kier alpha value is -1.40. The van der Waals surface area contributed by atoms with Crippen LogP contribution in [0.1, 0.15) is 19.8 Å². The Morgan fingerprint density at radius 1 is 1.22 bits per heavy atom. The van der Waals surface area contributed by atoms with Gasteiger partial charge in [0.1, 0.15) is 18.1 Å². The standard InChI is InChI=1S/C5H9NO2.C4H9NO3.C3H7NO2S/c7-5(8)4-2-1-3-6-4;1-2(6)3(5)4(7)8;4-2(1-7)3(5)6/h4,6H,1-3H2,(H,7,8);2-3,6H,5H2,1H3,(H,7,8);2,7H,1,4H2,(H,5,6)/t4-;;/m0../s1. The van der Waals surface area contributed by atoms with E-state index < -0.39 is 36.1 Å². The Kier molecular flexibility index (Phi) is 13.6. The van der Waals surface area contributed by atoms with E-state index in [9.17, 15) is 14.4 Å². The Morgan fingerprint density at radius 3 is 1.83 bits per heavy atom. The molecule has 1 heterocycles. The van der Waals surface area contributed by atoms with Crippen LogP contribution in [0.15, 0.2) is 0 Å². The first-order valence-electron chi connectivity index (χ1n) is 6.76. The molecule has 0 spiro atoms. The van der Waals surface area contributed by atoms with Crippen LogP contribution in [0, 0.1) is 0 Å². The Labute approximate surface area is 139 Å². The maximum atomic E-state index is 10.1. The topological polar surface area (TPSA) is 196 Å². The van der Waals surface area contributed by atoms with Gasteiger partial charge in [-0.25, -0.2) is 0 Å². The van der Waals surface area contributed by atoms with Crippen LogP contribution in [0.3, 0.4) is 0 Å². The van der Waals surface area contributed by atoms with Gasteiger partial charge in [-0.2, -0.15) is 12.6 Å². The van der Waals surface area contributed by atoms with Gasteiger partial charge in [-0.1, -0.05) is 0 Å². The number of aliphatic hydroxyl groups is 1. The smallest absolute Gasteiger partial charge is 0.323 e. The average molecular weight is 355 g/mol. The number of carboxylic acids is 3. The molecule has 4 atom stereocenters. The summed E-state index contributed by atoms with van der Waals surface area (Å²) in [7, 11) is 0. The lowest BCUT2D eigenvalue weighted by atomic mass is 10.2. The van der Waals surface area contributed by atoms with Crippen LogP contribution < -0.4 is 16.8 Å². The van der Waals surface area contributed by atoms with Crippen LogP contribution in [0.5, 0.6) is 0 Å². The molecule has 1 aliphatic heterocycles. The number of nitrogens with two attached hydrogens (primary N) is 2. The van der Waals surface area contributed by atoms with Crippen molar-refractivity contribution in [3.05, 3.63) is 0 Å². The second-order valence-electron chi connectivity index (χ2n) is 4.72. The maximum Gasteiger partial charge on any atom is 0.323 e. The van der Waals surface area contributed by atoms with Gasteiger partial charge in [0, 0.05) is 5.75 Å². The van der Waals surface area contributed by atoms with Crippen LogP contribution in [0.2, 0.25) is 0 Å². The van der Waals surface area contributed by atoms with Crippen LogP contribution >= 0.6 is 12.6 Å². The first-order valence-corrected chi connectivity index (χ1v) is 7.39. The predicted molar refractivity (Wildman–Crippen MR) is 85.4 cm³/mol. The quantitative estimate of drug-likeness (QED) is 0.254. The van der Waals surface area contributed by atoms with Gasteiger partial charge < -0.3 is 37.2 Å². The van der Waals surface area contributed by atoms with Gasteiger partial charge in [0.15, 0.2) is 0 Å². The van der Waals surface area contributed by atoms with E-state index in [2.05, 4.69) is 17.9 Å². The Bertz CT molecular complexity index is 364. The number of rotatable bonds is 5. The van der Waals surface area contributed by atoms with Crippen LogP contribution in [-0.4, -0.2) is 74.9 Å². The molecule has 0 aliphatic carbocycles. The van der Waals surface area contributed by atoms with E-state index in [1.54, 1.807) is 0 Å². The molecule has 0 aromatic rings. The van der Waals surface area contributed by atoms with Crippen molar-refractivity contribution in [2.24, 2.45) is 11.5 Å². The summed E-state index contributed by atoms with van der Waals surface area (Å²) in [6.45, 7) is 2.19. The highest BCUT2D eigenvalue weighted by molar-refractivity contribution is 7.80. The molecular weight excluding hydrogens is 330 g/mol. The number of aliphatic carboxylic acids is 3. The lowest BCUT2D eigenvalue weighted by molar-refractivity contribution is -0.141. The molecular formula is C12H25N3O7S. The summed E-state index contributed by atoms with van der Waals surface area (Å²) in [6.07, 6.45) is 0.805. The molecule has 1 saturated heterocycles. The van der Waals surface area contributed by atoms with Crippen LogP contribution in [-0.2, 0) is 14.4 Å². The second kappa shape index (κ2) is 13.1. The van der Waals surface area contributed by atoms with E-state index in [1.807, 2.05) is 0 Å². The number of aliphatic hydroxyl groups excluding tert-OH is 1. The Morgan fingerprint density at radius 2 is 1.74 bits per heavy atom. The zero-order valence-corrected chi connectivity index (χ0v) is 13.6. The zero-order valence-electron chi connectivity index (χ0n) is 12.8. The van der Waals surface area contributed by atoms with E-state index >= 15 is 0 Å². The molecule has 0 aromatic heterocycles. The molecule has 10 nitrogen and oxygen atoms in total. The highest BCUT2D eigenvalue weighted by atomic mass is 32.1. The molecule has 1 rings (SSSR count). The fraction of sp³-hybridized carbons (Fsp3) is 0.750. The Balaban J connectivity index is 0. The normalized spacial score (nSPS) is 20.0. The number of carbonyl (C=O) groups is 3. The predicted octanol–water partition coefficient (Wildman–Crippen LogP) is -2.07. The van der Waals surface area contributed by atoms with Crippen molar-refractivity contribution >= 4 is 30.5 Å². The number of hydrogen-bond donors (Lipinski definition) is 8. The fourth-order valence-electron chi connectivity index (χ4n) is 1.18. The van der Waals surface area contributed by atoms with Crippen molar-refractivity contribution in [1.29, 1.82) is 0 Å². The second-order valence-corrected chi connectivity index (χ2v) is 5.08.